The van der Waals surface area contributed by atoms with E-state index in [1.54, 1.807) is 35.8 Å². The standard InChI is InChI=1S/C15H15N3O2.ClH/c1-12(13-5-7-14(19)8-6-13)16-17-15(20)11-18-9-3-2-4-10-18;/h2-10H,11H2,1H3,(H-,16,17,19,20);1H. The summed E-state index contributed by atoms with van der Waals surface area (Å²) in [6.45, 7) is 2.01. The Balaban J connectivity index is 0.00000220. The Morgan fingerprint density at radius 1 is 1.19 bits per heavy atom. The fourth-order valence-electron chi connectivity index (χ4n) is 1.65. The zero-order chi connectivity index (χ0) is 14.4. The molecule has 0 atom stereocenters. The van der Waals surface area contributed by atoms with Crippen molar-refractivity contribution in [3.05, 3.63) is 60.4 Å². The van der Waals surface area contributed by atoms with Crippen molar-refractivity contribution >= 4 is 11.6 Å². The minimum atomic E-state index is -0.195. The van der Waals surface area contributed by atoms with Crippen molar-refractivity contribution in [1.29, 1.82) is 0 Å². The van der Waals surface area contributed by atoms with Crippen LogP contribution in [0.15, 0.2) is 60.0 Å². The van der Waals surface area contributed by atoms with E-state index in [9.17, 15) is 9.90 Å². The number of aromatic hydroxyl groups is 1. The Morgan fingerprint density at radius 3 is 2.43 bits per heavy atom. The van der Waals surface area contributed by atoms with Gasteiger partial charge in [0.1, 0.15) is 5.75 Å². The van der Waals surface area contributed by atoms with Crippen LogP contribution >= 0.6 is 0 Å². The summed E-state index contributed by atoms with van der Waals surface area (Å²) in [6.07, 6.45) is 3.63. The van der Waals surface area contributed by atoms with E-state index in [1.807, 2.05) is 30.6 Å². The number of aromatic nitrogens is 1. The van der Waals surface area contributed by atoms with Gasteiger partial charge in [-0.2, -0.15) is 9.67 Å². The predicted octanol–water partition coefficient (Wildman–Crippen LogP) is -1.78. The van der Waals surface area contributed by atoms with E-state index in [0.717, 1.165) is 5.56 Å². The third kappa shape index (κ3) is 5.24. The number of rotatable bonds is 4. The lowest BCUT2D eigenvalue weighted by Gasteiger charge is -2.02. The second-order valence-corrected chi connectivity index (χ2v) is 4.33. The number of pyridine rings is 1. The Kier molecular flexibility index (Phi) is 6.36. The van der Waals surface area contributed by atoms with Crippen molar-refractivity contribution in [1.82, 2.24) is 5.43 Å². The molecule has 2 rings (SSSR count). The van der Waals surface area contributed by atoms with Crippen LogP contribution in [-0.2, 0) is 11.3 Å². The van der Waals surface area contributed by atoms with Crippen molar-refractivity contribution in [2.24, 2.45) is 5.10 Å². The first-order chi connectivity index (χ1) is 9.65. The normalized spacial score (nSPS) is 10.6. The molecule has 0 aliphatic heterocycles. The summed E-state index contributed by atoms with van der Waals surface area (Å²) in [5.74, 6) is 0.00499. The van der Waals surface area contributed by atoms with Gasteiger partial charge in [-0.05, 0) is 36.8 Å². The number of hydrazone groups is 1. The van der Waals surface area contributed by atoms with Gasteiger partial charge >= 0.3 is 5.91 Å². The highest BCUT2D eigenvalue weighted by Crippen LogP contribution is 2.10. The number of hydrogen-bond acceptors (Lipinski definition) is 3. The maximum atomic E-state index is 11.7. The molecule has 6 heteroatoms. The molecule has 1 heterocycles. The van der Waals surface area contributed by atoms with Crippen LogP contribution in [0.3, 0.4) is 0 Å². The van der Waals surface area contributed by atoms with Crippen LogP contribution in [0, 0.1) is 0 Å². The number of carbonyl (C=O) groups excluding carboxylic acids is 1. The van der Waals surface area contributed by atoms with Crippen molar-refractivity contribution in [3.63, 3.8) is 0 Å². The Bertz CT molecular complexity index is 613. The minimum absolute atomic E-state index is 0. The molecule has 110 valence electrons. The molecule has 1 aromatic carbocycles. The molecule has 5 nitrogen and oxygen atoms in total. The first-order valence-corrected chi connectivity index (χ1v) is 6.22. The third-order valence-electron chi connectivity index (χ3n) is 2.74. The van der Waals surface area contributed by atoms with Gasteiger partial charge in [-0.3, -0.25) is 4.79 Å². The first-order valence-electron chi connectivity index (χ1n) is 6.22. The summed E-state index contributed by atoms with van der Waals surface area (Å²) < 4.78 is 1.76. The van der Waals surface area contributed by atoms with Gasteiger partial charge in [-0.25, -0.2) is 5.43 Å². The molecule has 2 aromatic rings. The lowest BCUT2D eigenvalue weighted by atomic mass is 10.1. The number of nitrogens with one attached hydrogen (secondary N) is 1. The molecule has 0 aliphatic rings. The summed E-state index contributed by atoms with van der Waals surface area (Å²) in [5, 5.41) is 13.3. The smallest absolute Gasteiger partial charge is 0.305 e. The van der Waals surface area contributed by atoms with Gasteiger partial charge in [0, 0.05) is 12.1 Å². The molecule has 0 spiro atoms. The maximum absolute atomic E-state index is 11.7. The van der Waals surface area contributed by atoms with Gasteiger partial charge in [0.05, 0.1) is 5.71 Å². The fourth-order valence-corrected chi connectivity index (χ4v) is 1.65. The molecule has 1 aromatic heterocycles. The molecule has 0 aliphatic carbocycles. The highest BCUT2D eigenvalue weighted by atomic mass is 35.5. The Hall–Kier alpha value is -2.40. The highest BCUT2D eigenvalue weighted by Gasteiger charge is 2.07. The molecule has 0 unspecified atom stereocenters. The van der Waals surface area contributed by atoms with E-state index >= 15 is 0 Å². The third-order valence-corrected chi connectivity index (χ3v) is 2.74. The van der Waals surface area contributed by atoms with Crippen LogP contribution in [0.2, 0.25) is 0 Å². The van der Waals surface area contributed by atoms with E-state index in [1.165, 1.54) is 0 Å². The van der Waals surface area contributed by atoms with E-state index in [4.69, 9.17) is 0 Å². The summed E-state index contributed by atoms with van der Waals surface area (Å²) in [6, 6.07) is 12.3. The number of phenolic OH excluding ortho intramolecular Hbond substituents is 1. The van der Waals surface area contributed by atoms with E-state index < -0.39 is 0 Å². The van der Waals surface area contributed by atoms with Crippen molar-refractivity contribution < 1.29 is 26.9 Å². The lowest BCUT2D eigenvalue weighted by molar-refractivity contribution is -0.684. The van der Waals surface area contributed by atoms with Gasteiger partial charge < -0.3 is 17.5 Å². The first kappa shape index (κ1) is 16.7. The molecule has 0 bridgehead atoms. The molecule has 2 N–H and O–H groups in total. The number of halogens is 1. The molecule has 1 amide bonds. The predicted molar refractivity (Wildman–Crippen MR) is 75.1 cm³/mol. The zero-order valence-corrected chi connectivity index (χ0v) is 12.3. The average Bonchev–Trinajstić information content (AvgIpc) is 2.46. The number of nitrogens with zero attached hydrogens (tertiary/aromatic N) is 2. The van der Waals surface area contributed by atoms with Crippen molar-refractivity contribution in [2.75, 3.05) is 0 Å². The SMILES string of the molecule is C/C(=N/NC(=O)C[n+]1ccccc1)c1ccc(O)cc1.[Cl-]. The topological polar surface area (TPSA) is 65.6 Å². The second-order valence-electron chi connectivity index (χ2n) is 4.33. The van der Waals surface area contributed by atoms with E-state index in [0.29, 0.717) is 5.71 Å². The van der Waals surface area contributed by atoms with Gasteiger partial charge in [0.25, 0.3) is 0 Å². The quantitative estimate of drug-likeness (QED) is 0.399. The van der Waals surface area contributed by atoms with Gasteiger partial charge in [-0.1, -0.05) is 6.07 Å². The van der Waals surface area contributed by atoms with Crippen molar-refractivity contribution in [2.45, 2.75) is 13.5 Å². The van der Waals surface area contributed by atoms with Crippen LogP contribution < -0.4 is 22.4 Å². The van der Waals surface area contributed by atoms with Crippen LogP contribution in [-0.4, -0.2) is 16.7 Å². The van der Waals surface area contributed by atoms with Gasteiger partial charge in [0.2, 0.25) is 6.54 Å². The largest absolute Gasteiger partial charge is 1.00 e. The molecule has 0 saturated heterocycles. The van der Waals surface area contributed by atoms with Crippen LogP contribution in [0.5, 0.6) is 5.75 Å². The van der Waals surface area contributed by atoms with Crippen LogP contribution in [0.25, 0.3) is 0 Å². The monoisotopic (exact) mass is 305 g/mol. The Morgan fingerprint density at radius 2 is 1.81 bits per heavy atom. The molecular weight excluding hydrogens is 290 g/mol. The number of amides is 1. The summed E-state index contributed by atoms with van der Waals surface area (Å²) in [5.41, 5.74) is 4.03. The minimum Gasteiger partial charge on any atom is -1.00 e. The van der Waals surface area contributed by atoms with E-state index in [-0.39, 0.29) is 30.6 Å². The summed E-state index contributed by atoms with van der Waals surface area (Å²) in [7, 11) is 0. The number of benzene rings is 1. The maximum Gasteiger partial charge on any atom is 0.305 e. The molecule has 0 fully saturated rings. The fraction of sp³-hybridized carbons (Fsp3) is 0.133. The van der Waals surface area contributed by atoms with Gasteiger partial charge in [-0.15, -0.1) is 0 Å². The second kappa shape index (κ2) is 8.01. The molecular formula is C15H16ClN3O2. The van der Waals surface area contributed by atoms with Gasteiger partial charge in [0.15, 0.2) is 12.4 Å². The van der Waals surface area contributed by atoms with Crippen LogP contribution in [0.4, 0.5) is 0 Å². The molecule has 21 heavy (non-hydrogen) atoms. The lowest BCUT2D eigenvalue weighted by Crippen LogP contribution is -3.00. The number of hydrogen-bond donors (Lipinski definition) is 2. The summed E-state index contributed by atoms with van der Waals surface area (Å²) >= 11 is 0. The molecule has 0 radical (unpaired) electrons. The Labute approximate surface area is 129 Å². The zero-order valence-electron chi connectivity index (χ0n) is 11.5. The summed E-state index contributed by atoms with van der Waals surface area (Å²) in [4.78, 5) is 11.7. The van der Waals surface area contributed by atoms with Crippen LogP contribution in [0.1, 0.15) is 12.5 Å². The average molecular weight is 306 g/mol. The van der Waals surface area contributed by atoms with E-state index in [2.05, 4.69) is 10.5 Å². The highest BCUT2D eigenvalue weighted by molar-refractivity contribution is 5.99. The molecule has 0 saturated carbocycles. The van der Waals surface area contributed by atoms with Crippen molar-refractivity contribution in [3.8, 4) is 5.75 Å². The number of carbonyl (C=O) groups is 1. The number of phenols is 1.